The molecule has 2 fully saturated rings. The van der Waals surface area contributed by atoms with Gasteiger partial charge in [-0.1, -0.05) is 39.0 Å². The number of carboxylic acids is 1. The predicted octanol–water partition coefficient (Wildman–Crippen LogP) is 2.96. The summed E-state index contributed by atoms with van der Waals surface area (Å²) in [4.78, 5) is 35.7. The van der Waals surface area contributed by atoms with Gasteiger partial charge in [0.1, 0.15) is 12.1 Å². The zero-order valence-electron chi connectivity index (χ0n) is 23.7. The van der Waals surface area contributed by atoms with E-state index in [1.807, 2.05) is 0 Å². The molecule has 3 aliphatic rings. The standard InChI is InChI=1S/C29H36F2N4O7/c1-28(2,3)23-25(36)35-15-16(14-19(35)26(37)38)41-24-22(32-17-8-4-5-9-18(17)33-24)29(30,31)12-7-13-40-20-10-6-11-21(20)42-27(39)34-23/h4-5,7-9,12,16,19-21,23,27,34,39H,6,10-11,13-15H2,1-3H3,(H,37,38)/b12-7+/t16-,19?,20-,21-,23-,27?/m1/s1. The first-order valence-electron chi connectivity index (χ1n) is 14.1. The minimum absolute atomic E-state index is 0.137. The third-order valence-electron chi connectivity index (χ3n) is 7.81. The SMILES string of the molecule is CC(C)(C)[C@@H]1NC(O)O[C@@H]2CCC[C@H]2OC/C=C/C(F)(F)c2nc3ccccc3nc2O[C@@H]2CC(C(=O)O)N(C2)C1=O. The van der Waals surface area contributed by atoms with Crippen LogP contribution in [-0.4, -0.2) is 86.9 Å². The first-order valence-corrected chi connectivity index (χ1v) is 14.1. The average molecular weight is 591 g/mol. The summed E-state index contributed by atoms with van der Waals surface area (Å²) in [6, 6.07) is 4.16. The van der Waals surface area contributed by atoms with Gasteiger partial charge in [0.05, 0.1) is 42.4 Å². The second kappa shape index (κ2) is 11.8. The number of halogens is 2. The Bertz CT molecular complexity index is 1350. The Kier molecular flexibility index (Phi) is 8.48. The summed E-state index contributed by atoms with van der Waals surface area (Å²) >= 11 is 0. The molecule has 1 saturated carbocycles. The number of carbonyl (C=O) groups excluding carboxylic acids is 1. The minimum atomic E-state index is -3.61. The van der Waals surface area contributed by atoms with Crippen LogP contribution in [0.2, 0.25) is 0 Å². The van der Waals surface area contributed by atoms with Crippen LogP contribution in [0.15, 0.2) is 36.4 Å². The Morgan fingerprint density at radius 3 is 2.52 bits per heavy atom. The smallest absolute Gasteiger partial charge is 0.326 e. The molecule has 1 aliphatic carbocycles. The number of nitrogens with one attached hydrogen (secondary N) is 1. The molecule has 3 N–H and O–H groups in total. The molecular weight excluding hydrogens is 554 g/mol. The van der Waals surface area contributed by atoms with Crippen LogP contribution in [0.1, 0.15) is 52.1 Å². The average Bonchev–Trinajstić information content (AvgIpc) is 3.55. The lowest BCUT2D eigenvalue weighted by Crippen LogP contribution is -2.58. The number of alkyl halides is 2. The van der Waals surface area contributed by atoms with Crippen LogP contribution >= 0.6 is 0 Å². The van der Waals surface area contributed by atoms with Gasteiger partial charge < -0.3 is 29.3 Å². The molecule has 1 amide bonds. The van der Waals surface area contributed by atoms with E-state index in [0.29, 0.717) is 24.4 Å². The summed E-state index contributed by atoms with van der Waals surface area (Å²) in [5.41, 5.74) is -0.934. The number of hydrogen-bond acceptors (Lipinski definition) is 9. The van der Waals surface area contributed by atoms with E-state index in [2.05, 4.69) is 15.3 Å². The summed E-state index contributed by atoms with van der Waals surface area (Å²) in [5, 5.41) is 23.6. The monoisotopic (exact) mass is 590 g/mol. The second-order valence-electron chi connectivity index (χ2n) is 12.0. The molecule has 3 heterocycles. The number of carbonyl (C=O) groups is 2. The van der Waals surface area contributed by atoms with Crippen LogP contribution in [0.4, 0.5) is 8.78 Å². The van der Waals surface area contributed by atoms with E-state index in [1.54, 1.807) is 45.0 Å². The van der Waals surface area contributed by atoms with Crippen molar-refractivity contribution in [1.82, 2.24) is 20.2 Å². The predicted molar refractivity (Wildman–Crippen MR) is 146 cm³/mol. The zero-order chi connectivity index (χ0) is 30.2. The summed E-state index contributed by atoms with van der Waals surface area (Å²) in [7, 11) is 0. The normalized spacial score (nSPS) is 31.5. The van der Waals surface area contributed by atoms with Gasteiger partial charge in [0, 0.05) is 6.42 Å². The number of aromatic nitrogens is 2. The quantitative estimate of drug-likeness (QED) is 0.424. The molecule has 11 nitrogen and oxygen atoms in total. The summed E-state index contributed by atoms with van der Waals surface area (Å²) in [6.45, 7) is 4.98. The Labute approximate surface area is 241 Å². The fourth-order valence-corrected chi connectivity index (χ4v) is 5.70. The number of amides is 1. The van der Waals surface area contributed by atoms with E-state index >= 15 is 8.78 Å². The number of benzene rings is 1. The zero-order valence-corrected chi connectivity index (χ0v) is 23.7. The lowest BCUT2D eigenvalue weighted by molar-refractivity contribution is -0.188. The molecule has 1 aromatic heterocycles. The van der Waals surface area contributed by atoms with Crippen LogP contribution in [0, 0.1) is 5.41 Å². The Hall–Kier alpha value is -3.26. The van der Waals surface area contributed by atoms with Gasteiger partial charge in [-0.2, -0.15) is 8.78 Å². The van der Waals surface area contributed by atoms with E-state index in [1.165, 1.54) is 6.08 Å². The van der Waals surface area contributed by atoms with Gasteiger partial charge in [0.15, 0.2) is 5.69 Å². The molecule has 42 heavy (non-hydrogen) atoms. The third-order valence-corrected chi connectivity index (χ3v) is 7.81. The Morgan fingerprint density at radius 1 is 1.14 bits per heavy atom. The fourth-order valence-electron chi connectivity index (χ4n) is 5.70. The first kappa shape index (κ1) is 30.2. The maximum Gasteiger partial charge on any atom is 0.326 e. The highest BCUT2D eigenvalue weighted by atomic mass is 19.3. The molecule has 0 radical (unpaired) electrons. The van der Waals surface area contributed by atoms with Gasteiger partial charge in [0.25, 0.3) is 0 Å². The molecule has 2 aromatic rings. The number of aliphatic hydroxyl groups is 1. The largest absolute Gasteiger partial charge is 0.480 e. The number of nitrogens with zero attached hydrogens (tertiary/aromatic N) is 3. The van der Waals surface area contributed by atoms with E-state index < -0.39 is 71.6 Å². The molecule has 13 heteroatoms. The minimum Gasteiger partial charge on any atom is -0.480 e. The highest BCUT2D eigenvalue weighted by molar-refractivity contribution is 5.88. The number of allylic oxidation sites excluding steroid dienone is 1. The van der Waals surface area contributed by atoms with Crippen molar-refractivity contribution >= 4 is 22.9 Å². The second-order valence-corrected chi connectivity index (χ2v) is 12.0. The summed E-state index contributed by atoms with van der Waals surface area (Å²) in [5.74, 6) is -5.92. The van der Waals surface area contributed by atoms with E-state index in [4.69, 9.17) is 14.2 Å². The van der Waals surface area contributed by atoms with Crippen LogP contribution in [0.5, 0.6) is 5.88 Å². The van der Waals surface area contributed by atoms with Crippen molar-refractivity contribution in [3.8, 4) is 5.88 Å². The number of fused-ring (bicyclic) bond motifs is 5. The summed E-state index contributed by atoms with van der Waals surface area (Å²) in [6.07, 6.45) is 0.0964. The number of hydrogen-bond donors (Lipinski definition) is 3. The highest BCUT2D eigenvalue weighted by Gasteiger charge is 2.47. The molecule has 1 saturated heterocycles. The van der Waals surface area contributed by atoms with Crippen LogP contribution in [-0.2, 0) is 25.0 Å². The molecule has 0 spiro atoms. The lowest BCUT2D eigenvalue weighted by Gasteiger charge is -2.36. The summed E-state index contributed by atoms with van der Waals surface area (Å²) < 4.78 is 48.8. The molecule has 2 bridgehead atoms. The van der Waals surface area contributed by atoms with Gasteiger partial charge in [0.2, 0.25) is 18.2 Å². The molecule has 2 unspecified atom stereocenters. The van der Waals surface area contributed by atoms with Crippen molar-refractivity contribution in [2.45, 2.75) is 89.2 Å². The van der Waals surface area contributed by atoms with Gasteiger partial charge in [-0.25, -0.2) is 14.8 Å². The van der Waals surface area contributed by atoms with Gasteiger partial charge in [-0.15, -0.1) is 0 Å². The van der Waals surface area contributed by atoms with E-state index in [0.717, 1.165) is 11.3 Å². The highest BCUT2D eigenvalue weighted by Crippen LogP contribution is 2.37. The number of para-hydroxylation sites is 2. The maximum atomic E-state index is 15.6. The van der Waals surface area contributed by atoms with Crippen LogP contribution in [0.3, 0.4) is 0 Å². The van der Waals surface area contributed by atoms with E-state index in [-0.39, 0.29) is 25.1 Å². The van der Waals surface area contributed by atoms with Crippen molar-refractivity contribution in [1.29, 1.82) is 0 Å². The van der Waals surface area contributed by atoms with Gasteiger partial charge in [-0.05, 0) is 42.9 Å². The van der Waals surface area contributed by atoms with Gasteiger partial charge >= 0.3 is 11.9 Å². The molecule has 5 rings (SSSR count). The van der Waals surface area contributed by atoms with Crippen molar-refractivity contribution in [2.75, 3.05) is 13.2 Å². The fraction of sp³-hybridized carbons (Fsp3) is 0.586. The lowest BCUT2D eigenvalue weighted by atomic mass is 9.85. The number of aliphatic hydroxyl groups excluding tert-OH is 1. The topological polar surface area (TPSA) is 143 Å². The number of ether oxygens (including phenoxy) is 3. The van der Waals surface area contributed by atoms with E-state index in [9.17, 15) is 19.8 Å². The van der Waals surface area contributed by atoms with Crippen LogP contribution in [0.25, 0.3) is 11.0 Å². The molecule has 6 atom stereocenters. The Morgan fingerprint density at radius 2 is 1.83 bits per heavy atom. The number of aliphatic carboxylic acids is 1. The number of carboxylic acid groups (broad SMARTS) is 1. The maximum absolute atomic E-state index is 15.6. The van der Waals surface area contributed by atoms with Crippen LogP contribution < -0.4 is 10.1 Å². The third kappa shape index (κ3) is 6.38. The molecular formula is C29H36F2N4O7. The van der Waals surface area contributed by atoms with Crippen molar-refractivity contribution < 1.29 is 42.8 Å². The Balaban J connectivity index is 1.56. The molecule has 1 aromatic carbocycles. The van der Waals surface area contributed by atoms with Crippen molar-refractivity contribution in [3.05, 3.63) is 42.1 Å². The van der Waals surface area contributed by atoms with Gasteiger partial charge in [-0.3, -0.25) is 10.1 Å². The van der Waals surface area contributed by atoms with Crippen molar-refractivity contribution in [3.63, 3.8) is 0 Å². The molecule has 2 aliphatic heterocycles. The number of rotatable bonds is 1. The molecule has 228 valence electrons. The first-order chi connectivity index (χ1) is 19.8. The van der Waals surface area contributed by atoms with Crippen molar-refractivity contribution in [2.24, 2.45) is 5.41 Å².